The van der Waals surface area contributed by atoms with E-state index in [1.165, 1.54) is 0 Å². The van der Waals surface area contributed by atoms with Crippen LogP contribution in [0.25, 0.3) is 0 Å². The van der Waals surface area contributed by atoms with Gasteiger partial charge in [-0.1, -0.05) is 45.9 Å². The van der Waals surface area contributed by atoms with Crippen LogP contribution in [0.4, 0.5) is 5.69 Å². The summed E-state index contributed by atoms with van der Waals surface area (Å²) in [5.74, 6) is -2.30. The van der Waals surface area contributed by atoms with Gasteiger partial charge in [0.05, 0.1) is 17.4 Å². The molecule has 204 valence electrons. The third-order valence-corrected chi connectivity index (χ3v) is 8.38. The van der Waals surface area contributed by atoms with Crippen molar-refractivity contribution >= 4 is 23.4 Å². The minimum atomic E-state index is -1.10. The van der Waals surface area contributed by atoms with E-state index in [0.717, 1.165) is 6.42 Å². The standard InChI is InChI=1S/C29H43N3O5/c1-18-16-29-21(20(28(18,7)37-29)23(34)30-19-12-9-8-10-13-19)25(36)32(14-11-15-33)22(29)24(35)31-27(5,6)17-26(2,3)4/h8-10,12-13,18,20-22,33H,11,14-17H2,1-7H3,(H,30,34)(H,31,35)/t18?,20-,21+,22?,28+,29?/m1/s1. The third-order valence-electron chi connectivity index (χ3n) is 8.38. The summed E-state index contributed by atoms with van der Waals surface area (Å²) in [7, 11) is 0. The van der Waals surface area contributed by atoms with Crippen molar-refractivity contribution in [2.75, 3.05) is 18.5 Å². The second-order valence-electron chi connectivity index (χ2n) is 13.3. The van der Waals surface area contributed by atoms with Crippen molar-refractivity contribution in [3.63, 3.8) is 0 Å². The van der Waals surface area contributed by atoms with Gasteiger partial charge >= 0.3 is 0 Å². The van der Waals surface area contributed by atoms with Crippen molar-refractivity contribution in [2.45, 2.75) is 90.5 Å². The average molecular weight is 514 g/mol. The lowest BCUT2D eigenvalue weighted by atomic mass is 9.62. The zero-order valence-electron chi connectivity index (χ0n) is 23.3. The quantitative estimate of drug-likeness (QED) is 0.494. The van der Waals surface area contributed by atoms with E-state index in [1.54, 1.807) is 4.90 Å². The summed E-state index contributed by atoms with van der Waals surface area (Å²) in [5, 5.41) is 15.7. The SMILES string of the molecule is CC1CC23O[C@]1(C)[C@@H](C(=O)Nc1ccccc1)[C@H]2C(=O)N(CCCO)C3C(=O)NC(C)(C)CC(C)(C)C. The molecule has 0 aromatic heterocycles. The first-order valence-corrected chi connectivity index (χ1v) is 13.4. The highest BCUT2D eigenvalue weighted by molar-refractivity contribution is 6.02. The van der Waals surface area contributed by atoms with E-state index in [2.05, 4.69) is 31.4 Å². The van der Waals surface area contributed by atoms with Crippen LogP contribution in [-0.2, 0) is 19.1 Å². The van der Waals surface area contributed by atoms with E-state index in [1.807, 2.05) is 58.0 Å². The Bertz CT molecular complexity index is 1050. The van der Waals surface area contributed by atoms with Gasteiger partial charge in [-0.2, -0.15) is 0 Å². The van der Waals surface area contributed by atoms with E-state index in [-0.39, 0.29) is 42.2 Å². The first kappa shape index (κ1) is 27.6. The summed E-state index contributed by atoms with van der Waals surface area (Å²) in [5.41, 5.74) is -1.83. The van der Waals surface area contributed by atoms with Crippen LogP contribution in [0.1, 0.15) is 67.7 Å². The second kappa shape index (κ2) is 9.38. The normalized spacial score (nSPS) is 33.0. The molecule has 3 saturated heterocycles. The monoisotopic (exact) mass is 513 g/mol. The Hall–Kier alpha value is -2.45. The van der Waals surface area contributed by atoms with Crippen LogP contribution in [0, 0.1) is 23.2 Å². The van der Waals surface area contributed by atoms with E-state index >= 15 is 0 Å². The smallest absolute Gasteiger partial charge is 0.246 e. The number of carbonyl (C=O) groups excluding carboxylic acids is 3. The molecule has 3 aliphatic rings. The number of hydrogen-bond acceptors (Lipinski definition) is 5. The Morgan fingerprint density at radius 3 is 2.38 bits per heavy atom. The molecule has 1 aromatic rings. The van der Waals surface area contributed by atoms with Crippen LogP contribution < -0.4 is 10.6 Å². The molecule has 3 heterocycles. The Kier molecular flexibility index (Phi) is 6.99. The number of ether oxygens (including phenoxy) is 1. The molecule has 1 aromatic carbocycles. The van der Waals surface area contributed by atoms with Crippen molar-refractivity contribution in [3.8, 4) is 0 Å². The fraction of sp³-hybridized carbons (Fsp3) is 0.690. The van der Waals surface area contributed by atoms with Crippen LogP contribution >= 0.6 is 0 Å². The number of likely N-dealkylation sites (tertiary alicyclic amines) is 1. The molecule has 1 spiro atoms. The minimum Gasteiger partial charge on any atom is -0.396 e. The van der Waals surface area contributed by atoms with Gasteiger partial charge in [-0.3, -0.25) is 14.4 Å². The third kappa shape index (κ3) is 4.78. The fourth-order valence-electron chi connectivity index (χ4n) is 7.43. The number of carbonyl (C=O) groups is 3. The number of fused-ring (bicyclic) bond motifs is 1. The lowest BCUT2D eigenvalue weighted by Crippen LogP contribution is -2.59. The van der Waals surface area contributed by atoms with Gasteiger partial charge in [0.1, 0.15) is 11.6 Å². The molecule has 2 bridgehead atoms. The molecule has 3 amide bonds. The molecule has 0 radical (unpaired) electrons. The zero-order valence-corrected chi connectivity index (χ0v) is 23.3. The van der Waals surface area contributed by atoms with Gasteiger partial charge in [0.25, 0.3) is 0 Å². The number of anilines is 1. The molecule has 8 nitrogen and oxygen atoms in total. The topological polar surface area (TPSA) is 108 Å². The summed E-state index contributed by atoms with van der Waals surface area (Å²) in [6.07, 6.45) is 1.61. The number of hydrogen-bond donors (Lipinski definition) is 3. The Morgan fingerprint density at radius 2 is 1.78 bits per heavy atom. The van der Waals surface area contributed by atoms with Crippen molar-refractivity contribution < 1.29 is 24.2 Å². The predicted octanol–water partition coefficient (Wildman–Crippen LogP) is 3.35. The first-order valence-electron chi connectivity index (χ1n) is 13.4. The van der Waals surface area contributed by atoms with Gasteiger partial charge in [-0.25, -0.2) is 0 Å². The van der Waals surface area contributed by atoms with Crippen LogP contribution in [0.5, 0.6) is 0 Å². The maximum absolute atomic E-state index is 14.0. The summed E-state index contributed by atoms with van der Waals surface area (Å²) in [4.78, 5) is 43.3. The number of nitrogens with zero attached hydrogens (tertiary/aromatic N) is 1. The first-order chi connectivity index (χ1) is 17.2. The molecular formula is C29H43N3O5. The van der Waals surface area contributed by atoms with Gasteiger partial charge in [-0.05, 0) is 63.5 Å². The summed E-state index contributed by atoms with van der Waals surface area (Å²) in [6.45, 7) is 14.4. The molecule has 37 heavy (non-hydrogen) atoms. The lowest BCUT2D eigenvalue weighted by molar-refractivity contribution is -0.147. The number of amides is 3. The highest BCUT2D eigenvalue weighted by Crippen LogP contribution is 2.65. The number of para-hydroxylation sites is 1. The summed E-state index contributed by atoms with van der Waals surface area (Å²) < 4.78 is 6.74. The Labute approximate surface area is 220 Å². The second-order valence-corrected chi connectivity index (χ2v) is 13.3. The molecule has 3 fully saturated rings. The number of aliphatic hydroxyl groups is 1. The number of rotatable bonds is 8. The molecule has 6 atom stereocenters. The molecule has 0 aliphatic carbocycles. The molecule has 0 saturated carbocycles. The number of benzene rings is 1. The van der Waals surface area contributed by atoms with Crippen LogP contribution in [0.3, 0.4) is 0 Å². The van der Waals surface area contributed by atoms with Crippen molar-refractivity contribution in [3.05, 3.63) is 30.3 Å². The summed E-state index contributed by atoms with van der Waals surface area (Å²) >= 11 is 0. The van der Waals surface area contributed by atoms with E-state index < -0.39 is 34.6 Å². The molecule has 4 rings (SSSR count). The van der Waals surface area contributed by atoms with Crippen LogP contribution in [0.15, 0.2) is 30.3 Å². The van der Waals surface area contributed by atoms with Crippen LogP contribution in [0.2, 0.25) is 0 Å². The maximum atomic E-state index is 14.0. The molecular weight excluding hydrogens is 470 g/mol. The average Bonchev–Trinajstić information content (AvgIpc) is 3.27. The van der Waals surface area contributed by atoms with E-state index in [9.17, 15) is 19.5 Å². The molecule has 3 aliphatic heterocycles. The molecule has 3 N–H and O–H groups in total. The van der Waals surface area contributed by atoms with E-state index in [0.29, 0.717) is 18.5 Å². The van der Waals surface area contributed by atoms with Gasteiger partial charge < -0.3 is 25.4 Å². The predicted molar refractivity (Wildman–Crippen MR) is 142 cm³/mol. The Balaban J connectivity index is 1.71. The largest absolute Gasteiger partial charge is 0.396 e. The van der Waals surface area contributed by atoms with Crippen LogP contribution in [-0.4, -0.2) is 63.7 Å². The van der Waals surface area contributed by atoms with Crippen molar-refractivity contribution in [2.24, 2.45) is 23.2 Å². The molecule has 3 unspecified atom stereocenters. The van der Waals surface area contributed by atoms with Gasteiger partial charge in [0, 0.05) is 24.4 Å². The summed E-state index contributed by atoms with van der Waals surface area (Å²) in [6, 6.07) is 8.31. The zero-order chi connectivity index (χ0) is 27.4. The van der Waals surface area contributed by atoms with E-state index in [4.69, 9.17) is 4.74 Å². The molecule has 8 heteroatoms. The van der Waals surface area contributed by atoms with Gasteiger partial charge in [-0.15, -0.1) is 0 Å². The van der Waals surface area contributed by atoms with Crippen molar-refractivity contribution in [1.82, 2.24) is 10.2 Å². The fourth-order valence-corrected chi connectivity index (χ4v) is 7.43. The number of aliphatic hydroxyl groups excluding tert-OH is 1. The Morgan fingerprint density at radius 1 is 1.14 bits per heavy atom. The number of nitrogens with one attached hydrogen (secondary N) is 2. The minimum absolute atomic E-state index is 0.00933. The maximum Gasteiger partial charge on any atom is 0.246 e. The van der Waals surface area contributed by atoms with Crippen molar-refractivity contribution in [1.29, 1.82) is 0 Å². The highest BCUT2D eigenvalue weighted by Gasteiger charge is 2.79. The lowest BCUT2D eigenvalue weighted by Gasteiger charge is -2.38. The van der Waals surface area contributed by atoms with Gasteiger partial charge in [0.2, 0.25) is 17.7 Å². The highest BCUT2D eigenvalue weighted by atomic mass is 16.5. The van der Waals surface area contributed by atoms with Gasteiger partial charge in [0.15, 0.2) is 0 Å².